The highest BCUT2D eigenvalue weighted by atomic mass is 16.2. The summed E-state index contributed by atoms with van der Waals surface area (Å²) in [5, 5.41) is 2.23. The largest absolute Gasteiger partial charge is 0.304 e. The Morgan fingerprint density at radius 1 is 1.17 bits per heavy atom. The third kappa shape index (κ3) is 1.53. The van der Waals surface area contributed by atoms with E-state index in [2.05, 4.69) is 18.2 Å². The van der Waals surface area contributed by atoms with Crippen LogP contribution in [-0.4, -0.2) is 12.5 Å². The molecule has 1 heterocycles. The predicted octanol–water partition coefficient (Wildman–Crippen LogP) is 3.77. The van der Waals surface area contributed by atoms with Crippen LogP contribution >= 0.6 is 0 Å². The van der Waals surface area contributed by atoms with Gasteiger partial charge in [0.25, 0.3) is 5.91 Å². The van der Waals surface area contributed by atoms with Gasteiger partial charge in [0.05, 0.1) is 5.69 Å². The van der Waals surface area contributed by atoms with Gasteiger partial charge in [-0.3, -0.25) is 4.79 Å². The van der Waals surface area contributed by atoms with Crippen LogP contribution in [0.4, 0.5) is 5.69 Å². The van der Waals surface area contributed by atoms with Gasteiger partial charge in [-0.25, -0.2) is 0 Å². The van der Waals surface area contributed by atoms with Gasteiger partial charge in [0, 0.05) is 17.5 Å². The molecule has 0 atom stereocenters. The van der Waals surface area contributed by atoms with E-state index in [4.69, 9.17) is 0 Å². The number of nitrogens with zero attached hydrogens (tertiary/aromatic N) is 1. The van der Waals surface area contributed by atoms with Crippen molar-refractivity contribution >= 4 is 22.4 Å². The zero-order valence-electron chi connectivity index (χ0n) is 10.6. The maximum Gasteiger partial charge on any atom is 0.259 e. The van der Waals surface area contributed by atoms with E-state index in [-0.39, 0.29) is 5.91 Å². The van der Waals surface area contributed by atoms with Gasteiger partial charge in [-0.1, -0.05) is 35.9 Å². The molecule has 2 heteroatoms. The smallest absolute Gasteiger partial charge is 0.259 e. The zero-order valence-corrected chi connectivity index (χ0v) is 10.6. The Kier molecular flexibility index (Phi) is 2.44. The second-order valence-electron chi connectivity index (χ2n) is 4.88. The van der Waals surface area contributed by atoms with E-state index >= 15 is 0 Å². The first-order chi connectivity index (χ1) is 8.68. The van der Waals surface area contributed by atoms with Gasteiger partial charge in [-0.2, -0.15) is 0 Å². The Labute approximate surface area is 107 Å². The van der Waals surface area contributed by atoms with Gasteiger partial charge in [0.2, 0.25) is 0 Å². The normalized spacial score (nSPS) is 13.2. The highest BCUT2D eigenvalue weighted by Crippen LogP contribution is 2.36. The molecule has 1 aliphatic heterocycles. The lowest BCUT2D eigenvalue weighted by atomic mass is 10.1. The Morgan fingerprint density at radius 3 is 2.61 bits per heavy atom. The number of amides is 1. The van der Waals surface area contributed by atoms with Crippen molar-refractivity contribution in [3.8, 4) is 0 Å². The Morgan fingerprint density at radius 2 is 1.89 bits per heavy atom. The number of carbonyl (C=O) groups excluding carboxylic acids is 1. The second kappa shape index (κ2) is 3.98. The van der Waals surface area contributed by atoms with Gasteiger partial charge >= 0.3 is 0 Å². The summed E-state index contributed by atoms with van der Waals surface area (Å²) in [4.78, 5) is 14.2. The number of anilines is 1. The molecule has 18 heavy (non-hydrogen) atoms. The van der Waals surface area contributed by atoms with Crippen molar-refractivity contribution in [1.82, 2.24) is 0 Å². The van der Waals surface area contributed by atoms with E-state index in [0.29, 0.717) is 6.54 Å². The van der Waals surface area contributed by atoms with Gasteiger partial charge < -0.3 is 4.90 Å². The van der Waals surface area contributed by atoms with Crippen LogP contribution in [0.5, 0.6) is 0 Å². The number of benzene rings is 2. The molecule has 0 aromatic heterocycles. The fraction of sp³-hybridized carbons (Fsp3) is 0.188. The average Bonchev–Trinajstić information content (AvgIpc) is 2.63. The molecule has 3 rings (SSSR count). The molecule has 0 saturated carbocycles. The molecule has 0 fully saturated rings. The summed E-state index contributed by atoms with van der Waals surface area (Å²) >= 11 is 0. The molecule has 2 aromatic rings. The number of allylic oxidation sites excluding steroid dienone is 1. The molecule has 0 N–H and O–H groups in total. The monoisotopic (exact) mass is 237 g/mol. The molecule has 2 aromatic carbocycles. The maximum atomic E-state index is 12.4. The molecular formula is C16H15NO. The van der Waals surface area contributed by atoms with Crippen LogP contribution in [0.1, 0.15) is 24.2 Å². The van der Waals surface area contributed by atoms with Crippen LogP contribution in [0.2, 0.25) is 0 Å². The number of hydrogen-bond acceptors (Lipinski definition) is 1. The third-order valence-electron chi connectivity index (χ3n) is 3.33. The predicted molar refractivity (Wildman–Crippen MR) is 75.1 cm³/mol. The summed E-state index contributed by atoms with van der Waals surface area (Å²) in [6.07, 6.45) is 2.09. The second-order valence-corrected chi connectivity index (χ2v) is 4.88. The molecule has 0 unspecified atom stereocenters. The molecule has 0 radical (unpaired) electrons. The summed E-state index contributed by atoms with van der Waals surface area (Å²) in [6, 6.07) is 12.0. The lowest BCUT2D eigenvalue weighted by molar-refractivity contribution is 0.0996. The minimum atomic E-state index is 0.110. The minimum absolute atomic E-state index is 0.110. The van der Waals surface area contributed by atoms with Gasteiger partial charge in [0.15, 0.2) is 0 Å². The summed E-state index contributed by atoms with van der Waals surface area (Å²) in [5.41, 5.74) is 3.08. The summed E-state index contributed by atoms with van der Waals surface area (Å²) in [6.45, 7) is 4.75. The third-order valence-corrected chi connectivity index (χ3v) is 3.33. The summed E-state index contributed by atoms with van der Waals surface area (Å²) in [7, 11) is 0. The standard InChI is InChI=1S/C16H15NO/c1-11(2)9-10-17-14-8-4-6-12-5-3-7-13(15(12)14)16(17)18/h3-9H,10H2,1-2H3. The van der Waals surface area contributed by atoms with Crippen LogP contribution in [-0.2, 0) is 0 Å². The minimum Gasteiger partial charge on any atom is -0.304 e. The summed E-state index contributed by atoms with van der Waals surface area (Å²) < 4.78 is 0. The van der Waals surface area contributed by atoms with Crippen LogP contribution in [0.15, 0.2) is 48.0 Å². The molecule has 1 amide bonds. The fourth-order valence-electron chi connectivity index (χ4n) is 2.43. The van der Waals surface area contributed by atoms with Crippen LogP contribution in [0.3, 0.4) is 0 Å². The Bertz CT molecular complexity index is 661. The zero-order chi connectivity index (χ0) is 12.7. The van der Waals surface area contributed by atoms with E-state index < -0.39 is 0 Å². The molecule has 0 aliphatic carbocycles. The molecule has 90 valence electrons. The first-order valence-corrected chi connectivity index (χ1v) is 6.15. The SMILES string of the molecule is CC(C)=CCN1C(=O)c2cccc3cccc1c23. The molecule has 0 saturated heterocycles. The molecule has 0 spiro atoms. The average molecular weight is 237 g/mol. The van der Waals surface area contributed by atoms with Crippen molar-refractivity contribution < 1.29 is 4.79 Å². The van der Waals surface area contributed by atoms with E-state index in [1.54, 1.807) is 0 Å². The first kappa shape index (κ1) is 11.0. The van der Waals surface area contributed by atoms with Crippen molar-refractivity contribution in [2.24, 2.45) is 0 Å². The van der Waals surface area contributed by atoms with E-state index in [1.807, 2.05) is 43.0 Å². The van der Waals surface area contributed by atoms with Crippen molar-refractivity contribution in [1.29, 1.82) is 0 Å². The lowest BCUT2D eigenvalue weighted by Crippen LogP contribution is -2.26. The van der Waals surface area contributed by atoms with E-state index in [1.165, 1.54) is 5.57 Å². The van der Waals surface area contributed by atoms with Crippen molar-refractivity contribution in [3.63, 3.8) is 0 Å². The molecule has 0 bridgehead atoms. The fourth-order valence-corrected chi connectivity index (χ4v) is 2.43. The van der Waals surface area contributed by atoms with E-state index in [9.17, 15) is 4.79 Å². The van der Waals surface area contributed by atoms with Crippen molar-refractivity contribution in [2.75, 3.05) is 11.4 Å². The number of hydrogen-bond donors (Lipinski definition) is 0. The molecular weight excluding hydrogens is 222 g/mol. The molecule has 2 nitrogen and oxygen atoms in total. The van der Waals surface area contributed by atoms with Crippen molar-refractivity contribution in [3.05, 3.63) is 53.6 Å². The Hall–Kier alpha value is -2.09. The van der Waals surface area contributed by atoms with Gasteiger partial charge in [-0.05, 0) is 31.4 Å². The Balaban J connectivity index is 2.16. The first-order valence-electron chi connectivity index (χ1n) is 6.15. The van der Waals surface area contributed by atoms with Crippen molar-refractivity contribution in [2.45, 2.75) is 13.8 Å². The highest BCUT2D eigenvalue weighted by Gasteiger charge is 2.28. The van der Waals surface area contributed by atoms with Crippen LogP contribution < -0.4 is 4.90 Å². The number of carbonyl (C=O) groups is 1. The highest BCUT2D eigenvalue weighted by molar-refractivity contribution is 6.25. The van der Waals surface area contributed by atoms with Gasteiger partial charge in [-0.15, -0.1) is 0 Å². The maximum absolute atomic E-state index is 12.4. The number of rotatable bonds is 2. The molecule has 1 aliphatic rings. The lowest BCUT2D eigenvalue weighted by Gasteiger charge is -2.15. The van der Waals surface area contributed by atoms with Crippen LogP contribution in [0.25, 0.3) is 10.8 Å². The van der Waals surface area contributed by atoms with Gasteiger partial charge in [0.1, 0.15) is 0 Å². The summed E-state index contributed by atoms with van der Waals surface area (Å²) in [5.74, 6) is 0.110. The van der Waals surface area contributed by atoms with E-state index in [0.717, 1.165) is 22.0 Å². The topological polar surface area (TPSA) is 20.3 Å². The quantitative estimate of drug-likeness (QED) is 0.728. The van der Waals surface area contributed by atoms with Crippen LogP contribution in [0, 0.1) is 0 Å².